The summed E-state index contributed by atoms with van der Waals surface area (Å²) in [5, 5.41) is 0. The maximum absolute atomic E-state index is 13.7. The van der Waals surface area contributed by atoms with Crippen molar-refractivity contribution in [3.63, 3.8) is 0 Å². The smallest absolute Gasteiger partial charge is 0.316 e. The van der Waals surface area contributed by atoms with Crippen molar-refractivity contribution in [2.24, 2.45) is 16.2 Å². The first-order chi connectivity index (χ1) is 33.4. The topological polar surface area (TPSA) is 78.9 Å². The third-order valence-electron chi connectivity index (χ3n) is 14.6. The molecule has 414 valence electrons. The van der Waals surface area contributed by atoms with E-state index in [2.05, 4.69) is 182 Å². The molecule has 0 spiro atoms. The number of hydrogen-bond donors (Lipinski definition) is 0. The molecule has 6 nitrogen and oxygen atoms in total. The number of hydrogen-bond acceptors (Lipinski definition) is 6. The van der Waals surface area contributed by atoms with E-state index in [1.165, 1.54) is 33.4 Å². The molecule has 75 heavy (non-hydrogen) atoms. The third-order valence-corrected chi connectivity index (χ3v) is 14.6. The fourth-order valence-electron chi connectivity index (χ4n) is 9.58. The molecule has 0 fully saturated rings. The summed E-state index contributed by atoms with van der Waals surface area (Å²) in [6, 6.07) is 13.7. The van der Waals surface area contributed by atoms with Gasteiger partial charge in [0.25, 0.3) is 0 Å². The number of carbonyl (C=O) groups is 3. The molecule has 0 N–H and O–H groups in total. The Morgan fingerprint density at radius 2 is 0.440 bits per heavy atom. The van der Waals surface area contributed by atoms with Gasteiger partial charge in [0.05, 0.1) is 16.2 Å². The van der Waals surface area contributed by atoms with Crippen molar-refractivity contribution in [3.05, 3.63) is 120 Å². The van der Waals surface area contributed by atoms with E-state index in [1.54, 1.807) is 0 Å². The molecule has 0 aliphatic heterocycles. The van der Waals surface area contributed by atoms with Crippen LogP contribution in [0.5, 0.6) is 17.2 Å². The van der Waals surface area contributed by atoms with Gasteiger partial charge in [-0.2, -0.15) is 0 Å². The molecule has 0 aliphatic rings. The van der Waals surface area contributed by atoms with E-state index in [0.29, 0.717) is 36.5 Å². The van der Waals surface area contributed by atoms with E-state index in [9.17, 15) is 14.4 Å². The van der Waals surface area contributed by atoms with Crippen LogP contribution < -0.4 is 14.2 Å². The van der Waals surface area contributed by atoms with E-state index in [0.717, 1.165) is 50.1 Å². The normalized spacial score (nSPS) is 13.5. The number of ether oxygens (including phenoxy) is 3. The van der Waals surface area contributed by atoms with Crippen LogP contribution in [0.4, 0.5) is 0 Å². The maximum atomic E-state index is 13.7. The minimum absolute atomic E-state index is 0.250. The van der Waals surface area contributed by atoms with Gasteiger partial charge in [0.2, 0.25) is 0 Å². The van der Waals surface area contributed by atoms with Crippen LogP contribution in [0.15, 0.2) is 36.4 Å². The second-order valence-electron chi connectivity index (χ2n) is 31.3. The number of carbonyl (C=O) groups excluding carboxylic acids is 3. The third kappa shape index (κ3) is 14.9. The van der Waals surface area contributed by atoms with Crippen LogP contribution >= 0.6 is 0 Å². The quantitative estimate of drug-likeness (QED) is 0.123. The molecule has 0 saturated carbocycles. The van der Waals surface area contributed by atoms with Crippen LogP contribution in [-0.4, -0.2) is 17.9 Å². The van der Waals surface area contributed by atoms with Crippen molar-refractivity contribution >= 4 is 17.9 Å². The van der Waals surface area contributed by atoms with Gasteiger partial charge >= 0.3 is 17.9 Å². The average molecular weight is 1030 g/mol. The lowest BCUT2D eigenvalue weighted by atomic mass is 9.75. The van der Waals surface area contributed by atoms with Gasteiger partial charge in [-0.3, -0.25) is 14.4 Å². The summed E-state index contributed by atoms with van der Waals surface area (Å²) >= 11 is 0. The molecule has 0 amide bonds. The van der Waals surface area contributed by atoms with Gasteiger partial charge in [0.1, 0.15) is 17.2 Å². The van der Waals surface area contributed by atoms with Crippen molar-refractivity contribution in [2.45, 2.75) is 259 Å². The van der Waals surface area contributed by atoms with Crippen LogP contribution in [-0.2, 0) is 66.1 Å². The Balaban J connectivity index is 2.21. The number of rotatable bonds is 9. The van der Waals surface area contributed by atoms with Gasteiger partial charge in [0, 0.05) is 33.4 Å². The largest absolute Gasteiger partial charge is 0.426 e. The number of benzene rings is 4. The monoisotopic (exact) mass is 1030 g/mol. The van der Waals surface area contributed by atoms with E-state index >= 15 is 0 Å². The molecule has 0 bridgehead atoms. The van der Waals surface area contributed by atoms with E-state index in [1.807, 2.05) is 62.3 Å². The fourth-order valence-corrected chi connectivity index (χ4v) is 9.58. The summed E-state index contributed by atoms with van der Waals surface area (Å²) in [5.74, 6) is 1.25. The molecular formula is C69H102O6. The summed E-state index contributed by atoms with van der Waals surface area (Å²) in [5.41, 5.74) is 13.1. The first-order valence-electron chi connectivity index (χ1n) is 27.7. The summed E-state index contributed by atoms with van der Waals surface area (Å²) in [6.07, 6.45) is 2.01. The highest BCUT2D eigenvalue weighted by atomic mass is 16.5. The zero-order chi connectivity index (χ0) is 58.1. The standard InChI is InChI=1S/C69H102O6/c1-40-46(31-43-34-49(61(4,5)6)55(50(35-43)62(7,8)9)73-58(70)67(22,23)24)41(2)48(33-45-38-53(65(16,17)18)57(54(39-45)66(19,20)21)75-60(72)69(28,29)30)42(3)47(40)32-44-36-51(63(10,11)12)56(52(37-44)64(13,14)15)74-59(71)68(25,26)27/h34-39H,31-33H2,1-30H3. The zero-order valence-corrected chi connectivity index (χ0v) is 53.0. The van der Waals surface area contributed by atoms with Gasteiger partial charge in [-0.25, -0.2) is 0 Å². The molecular weight excluding hydrogens is 925 g/mol. The minimum atomic E-state index is -0.678. The Morgan fingerprint density at radius 1 is 0.293 bits per heavy atom. The van der Waals surface area contributed by atoms with Gasteiger partial charge in [-0.1, -0.05) is 161 Å². The molecule has 4 aromatic carbocycles. The SMILES string of the molecule is Cc1c(Cc2cc(C(C)(C)C)c(OC(=O)C(C)(C)C)c(C(C)(C)C)c2)c(C)c(Cc2cc(C(C)(C)C)c(OC(=O)C(C)(C)C)c(C(C)(C)C)c2)c(C)c1Cc1cc(C(C)(C)C)c(OC(=O)C(C)(C)C)c(C(C)(C)C)c1. The number of esters is 3. The molecule has 0 aliphatic carbocycles. The molecule has 0 heterocycles. The Bertz CT molecular complexity index is 2380. The summed E-state index contributed by atoms with van der Waals surface area (Å²) in [7, 11) is 0. The Hall–Kier alpha value is -4.71. The highest BCUT2D eigenvalue weighted by Crippen LogP contribution is 2.47. The van der Waals surface area contributed by atoms with E-state index in [4.69, 9.17) is 14.2 Å². The average Bonchev–Trinajstić information content (AvgIpc) is 3.20. The summed E-state index contributed by atoms with van der Waals surface area (Å²) < 4.78 is 19.4. The van der Waals surface area contributed by atoms with Gasteiger partial charge < -0.3 is 14.2 Å². The Morgan fingerprint density at radius 3 is 0.560 bits per heavy atom. The molecule has 0 saturated heterocycles. The van der Waals surface area contributed by atoms with Crippen molar-refractivity contribution < 1.29 is 28.6 Å². The lowest BCUT2D eigenvalue weighted by Crippen LogP contribution is -2.29. The van der Waals surface area contributed by atoms with Crippen LogP contribution in [0, 0.1) is 37.0 Å². The highest BCUT2D eigenvalue weighted by molar-refractivity contribution is 5.80. The predicted molar refractivity (Wildman–Crippen MR) is 316 cm³/mol. The first-order valence-corrected chi connectivity index (χ1v) is 27.7. The second-order valence-corrected chi connectivity index (χ2v) is 31.3. The molecule has 4 aromatic rings. The molecule has 6 heteroatoms. The van der Waals surface area contributed by atoms with Gasteiger partial charge in [-0.15, -0.1) is 0 Å². The van der Waals surface area contributed by atoms with Crippen LogP contribution in [0.25, 0.3) is 0 Å². The molecule has 0 aromatic heterocycles. The molecule has 0 atom stereocenters. The van der Waals surface area contributed by atoms with Crippen LogP contribution in [0.2, 0.25) is 0 Å². The van der Waals surface area contributed by atoms with Crippen molar-refractivity contribution in [2.75, 3.05) is 0 Å². The minimum Gasteiger partial charge on any atom is -0.426 e. The van der Waals surface area contributed by atoms with E-state index in [-0.39, 0.29) is 50.4 Å². The van der Waals surface area contributed by atoms with Crippen molar-refractivity contribution in [1.82, 2.24) is 0 Å². The van der Waals surface area contributed by atoms with Crippen LogP contribution in [0.3, 0.4) is 0 Å². The summed E-state index contributed by atoms with van der Waals surface area (Å²) in [4.78, 5) is 41.1. The summed E-state index contributed by atoms with van der Waals surface area (Å²) in [6.45, 7) is 63.6. The molecule has 0 unspecified atom stereocenters. The Kier molecular flexibility index (Phi) is 17.5. The lowest BCUT2D eigenvalue weighted by Gasteiger charge is -2.32. The van der Waals surface area contributed by atoms with Crippen molar-refractivity contribution in [1.29, 1.82) is 0 Å². The predicted octanol–water partition coefficient (Wildman–Crippen LogP) is 18.0. The first kappa shape index (κ1) is 62.8. The maximum Gasteiger partial charge on any atom is 0.316 e. The molecule has 4 rings (SSSR count). The fraction of sp³-hybridized carbons (Fsp3) is 0.609. The van der Waals surface area contributed by atoms with Crippen LogP contribution in [0.1, 0.15) is 270 Å². The second kappa shape index (κ2) is 20.9. The highest BCUT2D eigenvalue weighted by Gasteiger charge is 2.37. The Labute approximate surface area is 457 Å². The van der Waals surface area contributed by atoms with Gasteiger partial charge in [-0.05, 0) is 185 Å². The van der Waals surface area contributed by atoms with Gasteiger partial charge in [0.15, 0.2) is 0 Å². The zero-order valence-electron chi connectivity index (χ0n) is 53.0. The van der Waals surface area contributed by atoms with E-state index < -0.39 is 16.2 Å². The lowest BCUT2D eigenvalue weighted by molar-refractivity contribution is -0.143. The molecule has 0 radical (unpaired) electrons. The van der Waals surface area contributed by atoms with Crippen molar-refractivity contribution in [3.8, 4) is 17.2 Å².